The maximum absolute atomic E-state index is 14.2. The lowest BCUT2D eigenvalue weighted by Crippen LogP contribution is -2.48. The van der Waals surface area contributed by atoms with Crippen LogP contribution in [0.2, 0.25) is 5.02 Å². The van der Waals surface area contributed by atoms with Gasteiger partial charge in [0.05, 0.1) is 47.6 Å². The smallest absolute Gasteiger partial charge is 0.326 e. The number of benzene rings is 1. The summed E-state index contributed by atoms with van der Waals surface area (Å²) in [5, 5.41) is 9.64. The number of piperidine rings is 1. The number of pyridine rings is 1. The summed E-state index contributed by atoms with van der Waals surface area (Å²) in [7, 11) is -2.01. The van der Waals surface area contributed by atoms with Crippen molar-refractivity contribution in [3.05, 3.63) is 53.1 Å². The van der Waals surface area contributed by atoms with E-state index in [1.165, 1.54) is 7.11 Å². The quantitative estimate of drug-likeness (QED) is 0.265. The highest BCUT2D eigenvalue weighted by molar-refractivity contribution is 7.51. The molecule has 0 saturated carbocycles. The Bertz CT molecular complexity index is 1450. The zero-order chi connectivity index (χ0) is 26.9. The number of fused-ring (bicyclic) bond motifs is 3. The third kappa shape index (κ3) is 4.53. The largest absolute Gasteiger partial charge is 0.407 e. The predicted octanol–water partition coefficient (Wildman–Crippen LogP) is 5.06. The van der Waals surface area contributed by atoms with Gasteiger partial charge in [-0.25, -0.2) is 14.2 Å². The molecule has 38 heavy (non-hydrogen) atoms. The first-order chi connectivity index (χ1) is 18.4. The summed E-state index contributed by atoms with van der Waals surface area (Å²) in [5.41, 5.74) is 2.60. The zero-order valence-electron chi connectivity index (χ0n) is 21.5. The minimum atomic E-state index is -3.40. The molecule has 2 aliphatic rings. The highest BCUT2D eigenvalue weighted by Gasteiger charge is 2.54. The van der Waals surface area contributed by atoms with Crippen molar-refractivity contribution < 1.29 is 18.4 Å². The number of imidazole rings is 1. The Morgan fingerprint density at radius 2 is 2.05 bits per heavy atom. The summed E-state index contributed by atoms with van der Waals surface area (Å²) in [6.45, 7) is 3.72. The van der Waals surface area contributed by atoms with E-state index in [1.54, 1.807) is 28.9 Å². The fourth-order valence-electron chi connectivity index (χ4n) is 5.64. The molecular weight excluding hydrogens is 527 g/mol. The number of hydrogen-bond donors (Lipinski definition) is 0. The number of nitrogens with zero attached hydrogens (tertiary/aromatic N) is 6. The van der Waals surface area contributed by atoms with Crippen molar-refractivity contribution in [3.63, 3.8) is 0 Å². The molecule has 1 atom stereocenters. The van der Waals surface area contributed by atoms with Gasteiger partial charge >= 0.3 is 7.75 Å². The molecule has 1 aromatic carbocycles. The van der Waals surface area contributed by atoms with Crippen LogP contribution >= 0.6 is 19.3 Å². The number of anilines is 1. The Morgan fingerprint density at radius 3 is 2.76 bits per heavy atom. The Morgan fingerprint density at radius 1 is 1.26 bits per heavy atom. The maximum Gasteiger partial charge on any atom is 0.407 e. The first kappa shape index (κ1) is 26.8. The normalized spacial score (nSPS) is 18.6. The van der Waals surface area contributed by atoms with Gasteiger partial charge < -0.3 is 9.47 Å². The van der Waals surface area contributed by atoms with Gasteiger partial charge in [-0.3, -0.25) is 18.8 Å². The van der Waals surface area contributed by atoms with Gasteiger partial charge in [0.1, 0.15) is 5.82 Å². The van der Waals surface area contributed by atoms with Gasteiger partial charge in [-0.15, -0.1) is 0 Å². The molecule has 200 valence electrons. The van der Waals surface area contributed by atoms with Crippen molar-refractivity contribution in [1.29, 1.82) is 5.26 Å². The molecule has 0 radical (unpaired) electrons. The second kappa shape index (κ2) is 10.8. The molecule has 1 amide bonds. The molecule has 1 spiro atoms. The molecule has 0 N–H and O–H groups in total. The molecule has 1 unspecified atom stereocenters. The van der Waals surface area contributed by atoms with E-state index in [-0.39, 0.29) is 19.1 Å². The summed E-state index contributed by atoms with van der Waals surface area (Å²) in [6.07, 6.45) is 5.50. The van der Waals surface area contributed by atoms with Crippen LogP contribution in [-0.4, -0.2) is 51.9 Å². The Kier molecular flexibility index (Phi) is 7.58. The van der Waals surface area contributed by atoms with Gasteiger partial charge in [-0.1, -0.05) is 11.6 Å². The van der Waals surface area contributed by atoms with Crippen LogP contribution in [0, 0.1) is 11.3 Å². The number of hydrogen-bond acceptors (Lipinski definition) is 7. The SMILES string of the molecule is CCOP(=O)(OC)N1CCC2(CC1)C(=O)N(Cc1nc3cc(Cl)ccc3n1CCCC#N)c1cnccc12. The van der Waals surface area contributed by atoms with E-state index in [2.05, 4.69) is 15.6 Å². The number of aromatic nitrogens is 3. The minimum absolute atomic E-state index is 0.0162. The van der Waals surface area contributed by atoms with Gasteiger partial charge in [-0.05, 0) is 56.0 Å². The van der Waals surface area contributed by atoms with Gasteiger partial charge in [0.25, 0.3) is 0 Å². The first-order valence-corrected chi connectivity index (χ1v) is 14.6. The van der Waals surface area contributed by atoms with Gasteiger partial charge in [-0.2, -0.15) is 5.26 Å². The molecule has 5 rings (SSSR count). The molecule has 1 fully saturated rings. The summed E-state index contributed by atoms with van der Waals surface area (Å²) < 4.78 is 27.7. The molecule has 2 aromatic heterocycles. The van der Waals surface area contributed by atoms with Crippen molar-refractivity contribution in [2.45, 2.75) is 51.1 Å². The Hall–Kier alpha value is -2.80. The summed E-state index contributed by atoms with van der Waals surface area (Å²) >= 11 is 6.23. The molecule has 4 heterocycles. The standard InChI is InChI=1S/C26H30ClN6O4P/c1-3-37-38(35,36-2)31-14-9-26(10-15-31)20-8-12-29-17-23(20)33(25(26)34)18-24-30-21-16-19(27)6-7-22(21)32(24)13-5-4-11-28/h6-8,12,16-17H,3-5,9-10,13-15,18H2,1-2H3. The average molecular weight is 557 g/mol. The molecule has 1 saturated heterocycles. The number of rotatable bonds is 9. The van der Waals surface area contributed by atoms with Crippen molar-refractivity contribution in [2.24, 2.45) is 0 Å². The van der Waals surface area contributed by atoms with Crippen molar-refractivity contribution in [3.8, 4) is 6.07 Å². The monoisotopic (exact) mass is 556 g/mol. The first-order valence-electron chi connectivity index (χ1n) is 12.7. The summed E-state index contributed by atoms with van der Waals surface area (Å²) in [6, 6.07) is 9.66. The summed E-state index contributed by atoms with van der Waals surface area (Å²) in [4.78, 5) is 25.1. The number of carbonyl (C=O) groups is 1. The van der Waals surface area contributed by atoms with E-state index in [1.807, 2.05) is 24.3 Å². The lowest BCUT2D eigenvalue weighted by molar-refractivity contribution is -0.124. The van der Waals surface area contributed by atoms with Crippen molar-refractivity contribution >= 4 is 42.0 Å². The van der Waals surface area contributed by atoms with Crippen LogP contribution in [-0.2, 0) is 36.9 Å². The van der Waals surface area contributed by atoms with Crippen LogP contribution in [0.25, 0.3) is 11.0 Å². The van der Waals surface area contributed by atoms with E-state index < -0.39 is 13.2 Å². The molecule has 2 aliphatic heterocycles. The van der Waals surface area contributed by atoms with Crippen molar-refractivity contribution in [2.75, 3.05) is 31.7 Å². The van der Waals surface area contributed by atoms with E-state index >= 15 is 0 Å². The lowest BCUT2D eigenvalue weighted by atomic mass is 9.74. The molecule has 10 nitrogen and oxygen atoms in total. The van der Waals surface area contributed by atoms with E-state index in [4.69, 9.17) is 30.9 Å². The fourth-order valence-corrected chi connectivity index (χ4v) is 7.33. The predicted molar refractivity (Wildman–Crippen MR) is 144 cm³/mol. The lowest BCUT2D eigenvalue weighted by Gasteiger charge is -2.40. The van der Waals surface area contributed by atoms with Crippen LogP contribution in [0.5, 0.6) is 0 Å². The highest BCUT2D eigenvalue weighted by Crippen LogP contribution is 2.56. The number of aryl methyl sites for hydroxylation is 1. The number of amides is 1. The van der Waals surface area contributed by atoms with Crippen LogP contribution in [0.1, 0.15) is 44.0 Å². The highest BCUT2D eigenvalue weighted by atomic mass is 35.5. The topological polar surface area (TPSA) is 114 Å². The van der Waals surface area contributed by atoms with Crippen LogP contribution in [0.15, 0.2) is 36.7 Å². The van der Waals surface area contributed by atoms with Crippen LogP contribution in [0.3, 0.4) is 0 Å². The number of halogens is 1. The third-order valence-electron chi connectivity index (χ3n) is 7.48. The summed E-state index contributed by atoms with van der Waals surface area (Å²) in [5.74, 6) is 0.704. The van der Waals surface area contributed by atoms with Crippen molar-refractivity contribution in [1.82, 2.24) is 19.2 Å². The van der Waals surface area contributed by atoms with E-state index in [0.717, 1.165) is 28.1 Å². The van der Waals surface area contributed by atoms with Gasteiger partial charge in [0, 0.05) is 44.4 Å². The van der Waals surface area contributed by atoms with Crippen LogP contribution in [0.4, 0.5) is 5.69 Å². The second-order valence-electron chi connectivity index (χ2n) is 9.46. The maximum atomic E-state index is 14.2. The molecule has 0 aliphatic carbocycles. The van der Waals surface area contributed by atoms with Gasteiger partial charge in [0.2, 0.25) is 5.91 Å². The van der Waals surface area contributed by atoms with Gasteiger partial charge in [0.15, 0.2) is 0 Å². The molecule has 0 bridgehead atoms. The zero-order valence-corrected chi connectivity index (χ0v) is 23.1. The van der Waals surface area contributed by atoms with Crippen LogP contribution < -0.4 is 4.90 Å². The number of carbonyl (C=O) groups excluding carboxylic acids is 1. The minimum Gasteiger partial charge on any atom is -0.326 e. The second-order valence-corrected chi connectivity index (χ2v) is 12.0. The number of nitriles is 1. The third-order valence-corrected chi connectivity index (χ3v) is 9.86. The number of unbranched alkanes of at least 4 members (excludes halogenated alkanes) is 1. The molecule has 12 heteroatoms. The molecule has 3 aromatic rings. The molecular formula is C26H30ClN6O4P. The Labute approximate surface area is 226 Å². The van der Waals surface area contributed by atoms with E-state index in [9.17, 15) is 9.36 Å². The average Bonchev–Trinajstić information content (AvgIpc) is 3.37. The Balaban J connectivity index is 1.47. The van der Waals surface area contributed by atoms with E-state index in [0.29, 0.717) is 50.3 Å². The fraction of sp³-hybridized carbons (Fsp3) is 0.462.